The van der Waals surface area contributed by atoms with Gasteiger partial charge in [0.2, 0.25) is 0 Å². The summed E-state index contributed by atoms with van der Waals surface area (Å²) < 4.78 is 28.9. The molecule has 2 aliphatic rings. The van der Waals surface area contributed by atoms with Gasteiger partial charge in [0.25, 0.3) is 0 Å². The largest absolute Gasteiger partial charge is 0.497 e. The number of aliphatic imine (C=N–C) groups is 1. The third-order valence-electron chi connectivity index (χ3n) is 9.68. The van der Waals surface area contributed by atoms with Gasteiger partial charge in [-0.15, -0.1) is 0 Å². The highest BCUT2D eigenvalue weighted by Crippen LogP contribution is 2.63. The van der Waals surface area contributed by atoms with Gasteiger partial charge in [-0.1, -0.05) is 26.8 Å². The molecule has 1 fully saturated rings. The molecule has 1 aliphatic heterocycles. The predicted molar refractivity (Wildman–Crippen MR) is 177 cm³/mol. The van der Waals surface area contributed by atoms with Crippen LogP contribution in [0.25, 0.3) is 0 Å². The summed E-state index contributed by atoms with van der Waals surface area (Å²) in [5, 5.41) is 2.79. The molecule has 0 radical (unpaired) electrons. The number of nitrogens with zero attached hydrogens (tertiary/aromatic N) is 1. The van der Waals surface area contributed by atoms with Crippen molar-refractivity contribution in [2.75, 3.05) is 34.5 Å². The zero-order valence-electron chi connectivity index (χ0n) is 29.1. The van der Waals surface area contributed by atoms with Crippen molar-refractivity contribution < 1.29 is 37.8 Å². The third-order valence-corrected chi connectivity index (χ3v) is 14.2. The van der Waals surface area contributed by atoms with Gasteiger partial charge >= 0.3 is 18.0 Å². The van der Waals surface area contributed by atoms with Crippen LogP contribution in [0.5, 0.6) is 5.75 Å². The maximum atomic E-state index is 14.5. The number of ether oxygens (including phenoxy) is 4. The van der Waals surface area contributed by atoms with Gasteiger partial charge in [-0.05, 0) is 94.4 Å². The Morgan fingerprint density at radius 3 is 2.18 bits per heavy atom. The summed E-state index contributed by atoms with van der Waals surface area (Å²) in [4.78, 5) is 46.8. The van der Waals surface area contributed by atoms with Crippen LogP contribution < -0.4 is 10.1 Å². The summed E-state index contributed by atoms with van der Waals surface area (Å²) in [5.41, 5.74) is -1.19. The number of allylic oxidation sites excluding steroid dienone is 1. The summed E-state index contributed by atoms with van der Waals surface area (Å²) in [5.74, 6) is -1.56. The topological polar surface area (TPSA) is 122 Å². The lowest BCUT2D eigenvalue weighted by molar-refractivity contribution is -0.179. The van der Waals surface area contributed by atoms with Gasteiger partial charge in [0.15, 0.2) is 13.7 Å². The van der Waals surface area contributed by atoms with Crippen molar-refractivity contribution in [2.24, 2.45) is 16.3 Å². The highest BCUT2D eigenvalue weighted by molar-refractivity contribution is 6.74. The molecule has 0 aromatic heterocycles. The molecule has 1 heterocycles. The predicted octanol–water partition coefficient (Wildman–Crippen LogP) is 6.64. The molecular formula is C34H52N2O8Si. The Hall–Kier alpha value is -3.18. The van der Waals surface area contributed by atoms with Crippen molar-refractivity contribution >= 4 is 37.7 Å². The van der Waals surface area contributed by atoms with E-state index in [-0.39, 0.29) is 24.6 Å². The van der Waals surface area contributed by atoms with Crippen LogP contribution in [0.1, 0.15) is 73.3 Å². The van der Waals surface area contributed by atoms with E-state index in [2.05, 4.69) is 39.2 Å². The van der Waals surface area contributed by atoms with Crippen LogP contribution in [0.15, 0.2) is 34.8 Å². The maximum absolute atomic E-state index is 14.5. The van der Waals surface area contributed by atoms with E-state index in [9.17, 15) is 14.4 Å². The molecule has 3 rings (SSSR count). The monoisotopic (exact) mass is 644 g/mol. The van der Waals surface area contributed by atoms with Crippen LogP contribution in [0.4, 0.5) is 10.5 Å². The van der Waals surface area contributed by atoms with Crippen LogP contribution in [-0.4, -0.2) is 72.1 Å². The summed E-state index contributed by atoms with van der Waals surface area (Å²) in [6.45, 7) is 18.4. The zero-order chi connectivity index (χ0) is 34.0. The molecule has 1 amide bonds. The number of esters is 2. The second kappa shape index (κ2) is 13.3. The second-order valence-electron chi connectivity index (χ2n) is 14.3. The molecular weight excluding hydrogens is 592 g/mol. The van der Waals surface area contributed by atoms with Crippen LogP contribution >= 0.6 is 0 Å². The Bertz CT molecular complexity index is 1340. The average molecular weight is 645 g/mol. The van der Waals surface area contributed by atoms with Crippen LogP contribution in [0, 0.1) is 11.3 Å². The molecule has 2 atom stereocenters. The minimum absolute atomic E-state index is 0.0461. The van der Waals surface area contributed by atoms with E-state index in [4.69, 9.17) is 28.4 Å². The van der Waals surface area contributed by atoms with Gasteiger partial charge in [0.05, 0.1) is 39.0 Å². The van der Waals surface area contributed by atoms with Crippen LogP contribution in [0.2, 0.25) is 18.1 Å². The smallest absolute Gasteiger partial charge is 0.407 e. The number of methoxy groups -OCH3 is 3. The Morgan fingerprint density at radius 2 is 1.67 bits per heavy atom. The molecule has 11 heteroatoms. The lowest BCUT2D eigenvalue weighted by atomic mass is 9.46. The Labute approximate surface area is 269 Å². The van der Waals surface area contributed by atoms with Crippen molar-refractivity contribution in [3.63, 3.8) is 0 Å². The van der Waals surface area contributed by atoms with E-state index in [1.807, 2.05) is 25.1 Å². The molecule has 45 heavy (non-hydrogen) atoms. The van der Waals surface area contributed by atoms with E-state index in [0.717, 1.165) is 5.57 Å². The summed E-state index contributed by atoms with van der Waals surface area (Å²) in [7, 11) is 1.92. The number of fused-ring (bicyclic) bond motifs is 3. The van der Waals surface area contributed by atoms with Gasteiger partial charge < -0.3 is 28.7 Å². The fourth-order valence-corrected chi connectivity index (χ4v) is 7.45. The lowest BCUT2D eigenvalue weighted by Gasteiger charge is -2.53. The molecule has 250 valence electrons. The molecule has 1 N–H and O–H groups in total. The van der Waals surface area contributed by atoms with Crippen LogP contribution in [-0.2, 0) is 33.6 Å². The van der Waals surface area contributed by atoms with Gasteiger partial charge in [-0.2, -0.15) is 0 Å². The number of alkyl carbamates (subject to hydrolysis) is 1. The molecule has 1 saturated carbocycles. The highest BCUT2D eigenvalue weighted by atomic mass is 28.4. The number of rotatable bonds is 10. The Kier molecular flexibility index (Phi) is 10.7. The number of amides is 1. The number of hydrogen-bond acceptors (Lipinski definition) is 9. The van der Waals surface area contributed by atoms with Gasteiger partial charge in [-0.25, -0.2) is 4.79 Å². The van der Waals surface area contributed by atoms with Crippen molar-refractivity contribution in [3.05, 3.63) is 35.4 Å². The Morgan fingerprint density at radius 1 is 1.04 bits per heavy atom. The lowest BCUT2D eigenvalue weighted by Crippen LogP contribution is -2.66. The highest BCUT2D eigenvalue weighted by Gasteiger charge is 2.73. The van der Waals surface area contributed by atoms with E-state index in [0.29, 0.717) is 35.6 Å². The summed E-state index contributed by atoms with van der Waals surface area (Å²) in [6.07, 6.45) is 2.42. The number of benzene rings is 1. The van der Waals surface area contributed by atoms with E-state index < -0.39 is 48.7 Å². The molecule has 1 aliphatic carbocycles. The fourth-order valence-electron chi connectivity index (χ4n) is 6.49. The number of nitrogens with one attached hydrogen (secondary N) is 1. The normalized spacial score (nSPS) is 21.2. The summed E-state index contributed by atoms with van der Waals surface area (Å²) in [6, 6.07) is 5.45. The standard InChI is InChI=1S/C34H52N2O8Si/c1-13-22(21-43-45(11,12)32(5,6)7)24-15-17-27-33(18-19-35-30(39)44-31(2,3)4,34(24,28(37)41-9)29(38)42-10)25-20-23(40-8)14-16-26(25)36-27/h13-14,16,20,24H,15,17-19,21H2,1-12H3,(H,35,39)/b22-13-/t24-,33+/m0/s1. The first kappa shape index (κ1) is 36.3. The molecule has 10 nitrogen and oxygen atoms in total. The third kappa shape index (κ3) is 6.56. The van der Waals surface area contributed by atoms with E-state index in [1.165, 1.54) is 14.2 Å². The van der Waals surface area contributed by atoms with Gasteiger partial charge in [-0.3, -0.25) is 14.6 Å². The molecule has 1 aromatic rings. The summed E-state index contributed by atoms with van der Waals surface area (Å²) >= 11 is 0. The quantitative estimate of drug-likeness (QED) is 0.0989. The fraction of sp³-hybridized carbons (Fsp3) is 0.647. The van der Waals surface area contributed by atoms with Crippen molar-refractivity contribution in [3.8, 4) is 5.75 Å². The van der Waals surface area contributed by atoms with E-state index >= 15 is 0 Å². The van der Waals surface area contributed by atoms with Gasteiger partial charge in [0.1, 0.15) is 11.4 Å². The van der Waals surface area contributed by atoms with E-state index in [1.54, 1.807) is 33.9 Å². The average Bonchev–Trinajstić information content (AvgIpc) is 3.28. The number of carbonyl (C=O) groups excluding carboxylic acids is 3. The molecule has 0 saturated heterocycles. The first-order chi connectivity index (χ1) is 20.9. The van der Waals surface area contributed by atoms with Crippen LogP contribution in [0.3, 0.4) is 0 Å². The Balaban J connectivity index is 2.29. The first-order valence-electron chi connectivity index (χ1n) is 15.6. The molecule has 0 bridgehead atoms. The van der Waals surface area contributed by atoms with Crippen molar-refractivity contribution in [1.29, 1.82) is 0 Å². The minimum Gasteiger partial charge on any atom is -0.497 e. The first-order valence-corrected chi connectivity index (χ1v) is 18.5. The zero-order valence-corrected chi connectivity index (χ0v) is 30.1. The number of carbonyl (C=O) groups is 3. The SMILES string of the molecule is C/C=C(/CO[Si](C)(C)C(C)(C)C)[C@@H]1CCC2=Nc3ccc(OC)cc3[C@@]2(CCNC(=O)OC(C)(C)C)C1(C(=O)OC)C(=O)OC. The van der Waals surface area contributed by atoms with Gasteiger partial charge in [0, 0.05) is 18.2 Å². The molecule has 0 spiro atoms. The second-order valence-corrected chi connectivity index (χ2v) is 19.1. The number of hydrogen-bond donors (Lipinski definition) is 1. The molecule has 1 aromatic carbocycles. The van der Waals surface area contributed by atoms with Crippen molar-refractivity contribution in [2.45, 2.75) is 96.9 Å². The molecule has 0 unspecified atom stereocenters. The minimum atomic E-state index is -2.21. The maximum Gasteiger partial charge on any atom is 0.407 e. The van der Waals surface area contributed by atoms with Crippen molar-refractivity contribution in [1.82, 2.24) is 5.32 Å².